The summed E-state index contributed by atoms with van der Waals surface area (Å²) in [6.45, 7) is 21.5. The molecule has 12 bridgehead atoms. The van der Waals surface area contributed by atoms with Crippen molar-refractivity contribution in [3.05, 3.63) is 220 Å². The van der Waals surface area contributed by atoms with Gasteiger partial charge in [0.15, 0.2) is 0 Å². The van der Waals surface area contributed by atoms with Gasteiger partial charge in [0.1, 0.15) is 54.5 Å². The zero-order valence-corrected chi connectivity index (χ0v) is 61.9. The Morgan fingerprint density at radius 1 is 0.383 bits per heavy atom. The van der Waals surface area contributed by atoms with Gasteiger partial charge in [-0.3, -0.25) is 29.4 Å². The summed E-state index contributed by atoms with van der Waals surface area (Å²) < 4.78 is 18.3. The topological polar surface area (TPSA) is 225 Å². The summed E-state index contributed by atoms with van der Waals surface area (Å²) in [4.78, 5) is 89.0. The standard InChI is InChI=1S/2C29H33N7O2.C23H20ClN5O2/c2*1-20-7-6-8-21(2)26(20)36-19-22-18-30-28-31-23-9-10-24(34-14-12-33(3)13-15-34)25(17-23)38-16-5-4-11-35(29(36)37)27(22)32-28;1-15-6-4-9-19(24)20(15)29-14-16-13-25-22-26-17-7-5-8-18(12-17)31-11-3-2-10-28(23(29)30)21(16)27-22/h2*4-10,17-18H,11-16,19H2,1-3H3,(H,30,31,32);2-9,12-13H,10-11,14H2,1H3,(H,25,26,27)/b5-4+;5-4-;3-2+. The van der Waals surface area contributed by atoms with E-state index in [0.29, 0.717) is 105 Å². The molecule has 26 heteroatoms. The number of nitrogens with one attached hydrogen (secondary N) is 3. The number of piperazine rings is 2. The molecular weight excluding hydrogens is 1370 g/mol. The van der Waals surface area contributed by atoms with Crippen molar-refractivity contribution in [1.82, 2.24) is 39.7 Å². The molecule has 6 aromatic carbocycles. The van der Waals surface area contributed by atoms with Crippen LogP contribution in [-0.2, 0) is 19.6 Å². The van der Waals surface area contributed by atoms with E-state index in [1.807, 2.05) is 190 Å². The molecule has 0 aliphatic carbocycles. The molecule has 0 saturated carbocycles. The van der Waals surface area contributed by atoms with Crippen molar-refractivity contribution in [1.29, 1.82) is 0 Å². The van der Waals surface area contributed by atoms with E-state index in [4.69, 9.17) is 35.8 Å². The zero-order valence-electron chi connectivity index (χ0n) is 61.2. The van der Waals surface area contributed by atoms with Gasteiger partial charge in [0.05, 0.1) is 53.1 Å². The minimum Gasteiger partial charge on any atom is -0.489 e. The van der Waals surface area contributed by atoms with Gasteiger partial charge in [-0.15, -0.1) is 0 Å². The molecule has 548 valence electrons. The molecule has 0 atom stereocenters. The summed E-state index contributed by atoms with van der Waals surface area (Å²) in [5.74, 6) is 5.54. The first-order chi connectivity index (χ1) is 52.0. The van der Waals surface area contributed by atoms with E-state index in [9.17, 15) is 14.4 Å². The molecule has 3 N–H and O–H groups in total. The molecule has 2 fully saturated rings. The number of ether oxygens (including phenoxy) is 3. The summed E-state index contributed by atoms with van der Waals surface area (Å²) >= 11 is 6.47. The second kappa shape index (κ2) is 31.1. The van der Waals surface area contributed by atoms with Crippen LogP contribution in [0.15, 0.2) is 170 Å². The maximum absolute atomic E-state index is 13.8. The highest BCUT2D eigenvalue weighted by atomic mass is 35.5. The Morgan fingerprint density at radius 2 is 0.738 bits per heavy atom. The molecule has 9 aromatic rings. The van der Waals surface area contributed by atoms with Gasteiger partial charge in [0.25, 0.3) is 0 Å². The molecule has 6 amide bonds. The Labute approximate surface area is 628 Å². The third-order valence-corrected chi connectivity index (χ3v) is 20.4. The molecule has 3 aromatic heterocycles. The van der Waals surface area contributed by atoms with Crippen LogP contribution in [-0.4, -0.2) is 164 Å². The van der Waals surface area contributed by atoms with Crippen molar-refractivity contribution in [2.24, 2.45) is 0 Å². The number of likely N-dealkylation sites (N-methyl/N-ethyl adjacent to an activating group) is 2. The highest BCUT2D eigenvalue weighted by molar-refractivity contribution is 6.34. The largest absolute Gasteiger partial charge is 0.489 e. The number of carbonyl (C=O) groups excluding carboxylic acids is 3. The van der Waals surface area contributed by atoms with Crippen molar-refractivity contribution in [3.8, 4) is 17.2 Å². The van der Waals surface area contributed by atoms with Gasteiger partial charge in [-0.1, -0.05) is 84.4 Å². The van der Waals surface area contributed by atoms with E-state index in [1.165, 1.54) is 0 Å². The van der Waals surface area contributed by atoms with Gasteiger partial charge < -0.3 is 49.8 Å². The predicted molar refractivity (Wildman–Crippen MR) is 423 cm³/mol. The average molecular weight is 1460 g/mol. The number of fused-ring (bicyclic) bond motifs is 9. The highest BCUT2D eigenvalue weighted by Gasteiger charge is 2.38. The lowest BCUT2D eigenvalue weighted by Crippen LogP contribution is -2.48. The van der Waals surface area contributed by atoms with Crippen LogP contribution in [0.2, 0.25) is 5.02 Å². The smallest absolute Gasteiger partial charge is 0.330 e. The normalized spacial score (nSPS) is 18.0. The lowest BCUT2D eigenvalue weighted by molar-refractivity contribution is 0.249. The van der Waals surface area contributed by atoms with Crippen molar-refractivity contribution in [2.75, 3.05) is 161 Å². The number of benzene rings is 6. The molecule has 0 spiro atoms. The quantitative estimate of drug-likeness (QED) is 0.136. The van der Waals surface area contributed by atoms with E-state index < -0.39 is 0 Å². The minimum atomic E-state index is -0.186. The summed E-state index contributed by atoms with van der Waals surface area (Å²) in [6.07, 6.45) is 17.1. The number of aryl methyl sites for hydroxylation is 5. The van der Waals surface area contributed by atoms with Crippen LogP contribution in [0.1, 0.15) is 44.5 Å². The lowest BCUT2D eigenvalue weighted by atomic mass is 10.1. The van der Waals surface area contributed by atoms with Crippen LogP contribution >= 0.6 is 11.6 Å². The first kappa shape index (κ1) is 70.8. The molecule has 0 unspecified atom stereocenters. The Balaban J connectivity index is 0.000000129. The second-order valence-corrected chi connectivity index (χ2v) is 28.1. The number of para-hydroxylation sites is 3. The SMILES string of the molecule is Cc1cccc(C)c1N1Cc2cnc3nc2N(C/C=C/COc2cc(ccc2N2CCN(C)CC2)N3)C1=O.Cc1cccc(C)c1N1Cc2cnc3nc2N(C/C=C\COc2cc(ccc2N2CCN(C)CC2)N3)C1=O.Cc1cccc(Cl)c1N1Cc2cnc3nc2N(C/C=C/COc2cccc(c2)N3)C1=O. The van der Waals surface area contributed by atoms with Gasteiger partial charge in [0, 0.05) is 143 Å². The van der Waals surface area contributed by atoms with Crippen LogP contribution in [0.25, 0.3) is 0 Å². The Morgan fingerprint density at radius 3 is 1.14 bits per heavy atom. The van der Waals surface area contributed by atoms with E-state index in [2.05, 4.69) is 81.7 Å². The van der Waals surface area contributed by atoms with Gasteiger partial charge in [-0.25, -0.2) is 29.3 Å². The van der Waals surface area contributed by atoms with Crippen LogP contribution < -0.4 is 69.4 Å². The number of carbonyl (C=O) groups is 3. The fraction of sp³-hybridized carbons (Fsp3) is 0.296. The average Bonchev–Trinajstić information content (AvgIpc) is 1.68. The number of amides is 6. The number of anilines is 14. The molecule has 11 heterocycles. The number of halogens is 1. The van der Waals surface area contributed by atoms with Gasteiger partial charge in [-0.2, -0.15) is 15.0 Å². The van der Waals surface area contributed by atoms with Gasteiger partial charge in [0.2, 0.25) is 17.8 Å². The summed E-state index contributed by atoms with van der Waals surface area (Å²) in [5, 5.41) is 10.4. The summed E-state index contributed by atoms with van der Waals surface area (Å²) in [5.41, 5.74) is 15.1. The number of rotatable bonds is 5. The highest BCUT2D eigenvalue weighted by Crippen LogP contribution is 2.42. The number of urea groups is 3. The maximum Gasteiger partial charge on any atom is 0.330 e. The van der Waals surface area contributed by atoms with Crippen LogP contribution in [0.4, 0.5) is 95.2 Å². The van der Waals surface area contributed by atoms with Crippen LogP contribution in [0, 0.1) is 34.6 Å². The molecule has 17 rings (SSSR count). The maximum atomic E-state index is 13.8. The van der Waals surface area contributed by atoms with Gasteiger partial charge in [-0.05, 0) is 137 Å². The van der Waals surface area contributed by atoms with Crippen molar-refractivity contribution >= 4 is 110 Å². The number of nitrogens with zero attached hydrogens (tertiary/aromatic N) is 16. The lowest BCUT2D eigenvalue weighted by Gasteiger charge is -2.37. The third kappa shape index (κ3) is 15.2. The minimum absolute atomic E-state index is 0.0992. The van der Waals surface area contributed by atoms with Gasteiger partial charge >= 0.3 is 18.1 Å². The summed E-state index contributed by atoms with van der Waals surface area (Å²) in [7, 11) is 4.31. The monoisotopic (exact) mass is 1460 g/mol. The Hall–Kier alpha value is -11.8. The Bertz CT molecular complexity index is 4690. The number of hydrogen-bond acceptors (Lipinski definition) is 19. The molecule has 0 radical (unpaired) electrons. The molecule has 8 aliphatic rings. The number of hydrogen-bond donors (Lipinski definition) is 3. The van der Waals surface area contributed by atoms with Crippen LogP contribution in [0.5, 0.6) is 17.2 Å². The first-order valence-corrected chi connectivity index (χ1v) is 36.6. The molecule has 107 heavy (non-hydrogen) atoms. The molecule has 25 nitrogen and oxygen atoms in total. The molecule has 2 saturated heterocycles. The van der Waals surface area contributed by atoms with Crippen molar-refractivity contribution < 1.29 is 28.6 Å². The third-order valence-electron chi connectivity index (χ3n) is 20.1. The molecular formula is C81H86ClN19O6. The van der Waals surface area contributed by atoms with E-state index in [1.54, 1.807) is 31.9 Å². The fourth-order valence-corrected chi connectivity index (χ4v) is 14.8. The van der Waals surface area contributed by atoms with E-state index in [0.717, 1.165) is 154 Å². The van der Waals surface area contributed by atoms with E-state index in [-0.39, 0.29) is 18.1 Å². The fourth-order valence-electron chi connectivity index (χ4n) is 14.5. The molecule has 8 aliphatic heterocycles. The van der Waals surface area contributed by atoms with Crippen molar-refractivity contribution in [3.63, 3.8) is 0 Å². The van der Waals surface area contributed by atoms with Crippen LogP contribution in [0.3, 0.4) is 0 Å². The van der Waals surface area contributed by atoms with E-state index >= 15 is 0 Å². The second-order valence-electron chi connectivity index (χ2n) is 27.6. The van der Waals surface area contributed by atoms with Crippen molar-refractivity contribution in [2.45, 2.75) is 54.3 Å². The first-order valence-electron chi connectivity index (χ1n) is 36.2. The zero-order chi connectivity index (χ0) is 73.8. The summed E-state index contributed by atoms with van der Waals surface area (Å²) in [6, 6.07) is 37.3. The number of aromatic nitrogens is 6. The Kier molecular flexibility index (Phi) is 20.6. The predicted octanol–water partition coefficient (Wildman–Crippen LogP) is 14.0.